The average molecular weight is 730 g/mol. The second-order valence-corrected chi connectivity index (χ2v) is 15.3. The van der Waals surface area contributed by atoms with Crippen molar-refractivity contribution in [1.82, 2.24) is 10.2 Å². The normalized spacial score (nSPS) is 16.8. The lowest BCUT2D eigenvalue weighted by molar-refractivity contribution is -0.140. The number of nitrogens with two attached hydrogens (primary N) is 1. The predicted octanol–water partition coefficient (Wildman–Crippen LogP) is 5.92. The van der Waals surface area contributed by atoms with E-state index in [2.05, 4.69) is 33.0 Å². The first-order valence-corrected chi connectivity index (χ1v) is 17.8. The van der Waals surface area contributed by atoms with Crippen LogP contribution in [0.5, 0.6) is 0 Å². The number of nitrogens with one attached hydrogen (secondary N) is 1. The topological polar surface area (TPSA) is 133 Å². The molecule has 0 bridgehead atoms. The van der Waals surface area contributed by atoms with Gasteiger partial charge >= 0.3 is 0 Å². The molecule has 1 fully saturated rings. The molecule has 0 aromatic heterocycles. The molecule has 3 atom stereocenters. The van der Waals surface area contributed by atoms with Crippen molar-refractivity contribution in [3.63, 3.8) is 0 Å². The largest absolute Gasteiger partial charge is 0.382 e. The Morgan fingerprint density at radius 2 is 1.38 bits per heavy atom. The van der Waals surface area contributed by atoms with Crippen LogP contribution in [0.25, 0.3) is 0 Å². The molecule has 1 heterocycles. The maximum absolute atomic E-state index is 14.2. The second kappa shape index (κ2) is 17.4. The van der Waals surface area contributed by atoms with Crippen molar-refractivity contribution < 1.29 is 31.9 Å². The highest BCUT2D eigenvalue weighted by Gasteiger charge is 2.53. The van der Waals surface area contributed by atoms with E-state index >= 15 is 0 Å². The summed E-state index contributed by atoms with van der Waals surface area (Å²) in [6, 6.07) is 12.8. The molecule has 0 radical (unpaired) electrons. The number of amides is 2. The Morgan fingerprint density at radius 3 is 1.75 bits per heavy atom. The lowest BCUT2D eigenvalue weighted by atomic mass is 9.84. The van der Waals surface area contributed by atoms with Crippen LogP contribution in [0.3, 0.4) is 0 Å². The van der Waals surface area contributed by atoms with E-state index < -0.39 is 64.2 Å². The fraction of sp³-hybridized carbons (Fsp3) is 0.412. The summed E-state index contributed by atoms with van der Waals surface area (Å²) in [7, 11) is -4.20. The highest BCUT2D eigenvalue weighted by atomic mass is 35.5. The molecule has 4 N–H and O–H groups in total. The molecule has 3 aromatic rings. The maximum Gasteiger partial charge on any atom is 0.251 e. The van der Waals surface area contributed by atoms with Crippen LogP contribution >= 0.6 is 23.2 Å². The molecule has 14 heteroatoms. The van der Waals surface area contributed by atoms with Crippen LogP contribution in [0.1, 0.15) is 58.7 Å². The number of hydrogen-bond acceptors (Lipinski definition) is 6. The number of nitrogens with zero attached hydrogens (tertiary/aromatic N) is 2. The van der Waals surface area contributed by atoms with Crippen molar-refractivity contribution in [1.29, 1.82) is 0 Å². The van der Waals surface area contributed by atoms with Gasteiger partial charge in [0.1, 0.15) is 17.7 Å². The number of primary amides is 1. The third-order valence-electron chi connectivity index (χ3n) is 6.67. The number of likely N-dealkylation sites (tertiary alicyclic amines) is 1. The number of carbonyl (C=O) groups is 2. The molecule has 1 saturated heterocycles. The number of rotatable bonds is 10. The van der Waals surface area contributed by atoms with Gasteiger partial charge in [0.2, 0.25) is 15.9 Å². The Kier molecular flexibility index (Phi) is 14.8. The number of halogens is 4. The minimum atomic E-state index is -4.20. The van der Waals surface area contributed by atoms with E-state index in [0.717, 1.165) is 22.7 Å². The lowest BCUT2D eigenvalue weighted by Crippen LogP contribution is -2.73. The van der Waals surface area contributed by atoms with Crippen molar-refractivity contribution >= 4 is 50.7 Å². The van der Waals surface area contributed by atoms with Gasteiger partial charge < -0.3 is 16.2 Å². The number of hydrogen-bond donors (Lipinski definition) is 3. The zero-order chi connectivity index (χ0) is 36.6. The van der Waals surface area contributed by atoms with Crippen molar-refractivity contribution in [3.8, 4) is 0 Å². The number of carbonyl (C=O) groups excluding carboxylic acids is 2. The monoisotopic (exact) mass is 728 g/mol. The van der Waals surface area contributed by atoms with Crippen LogP contribution in [0.4, 0.5) is 14.5 Å². The SMILES string of the molecule is CC.CC(C)(C)C.CS(=O)(=O)N(c1cc(F)cc(F)c1)C1CN(C(c2ccc(Cl)cc2)c2ccc(Cl)cc2)C1C(O)C(=O)NCC(N)=O. The molecule has 4 rings (SSSR count). The van der Waals surface area contributed by atoms with Gasteiger partial charge in [-0.3, -0.25) is 18.8 Å². The number of anilines is 1. The highest BCUT2D eigenvalue weighted by Crippen LogP contribution is 2.42. The average Bonchev–Trinajstić information content (AvgIpc) is 2.95. The summed E-state index contributed by atoms with van der Waals surface area (Å²) in [5.74, 6) is -3.88. The van der Waals surface area contributed by atoms with E-state index in [1.54, 1.807) is 53.4 Å². The van der Waals surface area contributed by atoms with Crippen LogP contribution in [0.2, 0.25) is 10.0 Å². The highest BCUT2D eigenvalue weighted by molar-refractivity contribution is 7.92. The van der Waals surface area contributed by atoms with Gasteiger partial charge in [-0.2, -0.15) is 0 Å². The smallest absolute Gasteiger partial charge is 0.251 e. The minimum absolute atomic E-state index is 0.0635. The van der Waals surface area contributed by atoms with Crippen LogP contribution in [-0.4, -0.2) is 67.8 Å². The first-order valence-electron chi connectivity index (χ1n) is 15.2. The van der Waals surface area contributed by atoms with E-state index in [4.69, 9.17) is 28.9 Å². The van der Waals surface area contributed by atoms with Gasteiger partial charge in [-0.25, -0.2) is 17.2 Å². The standard InChI is InChI=1S/C27H26Cl2F2N4O5S.C5H12.C2H6/c1-41(39,40)35(21-11-19(30)10-20(31)12-21)22-14-34(25(22)26(37)27(38)33-13-23(32)36)24(15-2-6-17(28)7-3-15)16-4-8-18(29)9-5-16;1-5(2,3)4;1-2/h2-12,22,24-26,37H,13-14H2,1H3,(H2,32,36)(H,33,38);1-4H3;1-2H3. The predicted molar refractivity (Wildman–Crippen MR) is 187 cm³/mol. The second-order valence-electron chi connectivity index (χ2n) is 12.6. The molecule has 3 unspecified atom stereocenters. The van der Waals surface area contributed by atoms with Gasteiger partial charge in [-0.1, -0.05) is 89.0 Å². The fourth-order valence-electron chi connectivity index (χ4n) is 5.01. The minimum Gasteiger partial charge on any atom is -0.382 e. The number of aliphatic hydroxyl groups excluding tert-OH is 1. The molecule has 3 aromatic carbocycles. The van der Waals surface area contributed by atoms with Gasteiger partial charge in [0.25, 0.3) is 5.91 Å². The maximum atomic E-state index is 14.2. The first kappa shape index (κ1) is 40.9. The van der Waals surface area contributed by atoms with Crippen molar-refractivity contribution in [2.45, 2.75) is 65.8 Å². The van der Waals surface area contributed by atoms with Crippen LogP contribution < -0.4 is 15.4 Å². The van der Waals surface area contributed by atoms with Crippen molar-refractivity contribution in [2.75, 3.05) is 23.7 Å². The van der Waals surface area contributed by atoms with E-state index in [9.17, 15) is 31.9 Å². The van der Waals surface area contributed by atoms with Gasteiger partial charge in [0.15, 0.2) is 0 Å². The molecule has 1 aliphatic rings. The van der Waals surface area contributed by atoms with E-state index in [1.165, 1.54) is 0 Å². The zero-order valence-electron chi connectivity index (χ0n) is 28.0. The van der Waals surface area contributed by atoms with E-state index in [-0.39, 0.29) is 12.2 Å². The summed E-state index contributed by atoms with van der Waals surface area (Å²) in [5.41, 5.74) is 6.68. The van der Waals surface area contributed by atoms with Gasteiger partial charge in [0.05, 0.1) is 36.6 Å². The Bertz CT molecular complexity index is 1570. The number of sulfonamides is 1. The molecule has 9 nitrogen and oxygen atoms in total. The van der Waals surface area contributed by atoms with Crippen LogP contribution in [0.15, 0.2) is 66.7 Å². The summed E-state index contributed by atoms with van der Waals surface area (Å²) in [6.07, 6.45) is -1.04. The number of aliphatic hydroxyl groups is 1. The summed E-state index contributed by atoms with van der Waals surface area (Å²) < 4.78 is 55.2. The van der Waals surface area contributed by atoms with Crippen LogP contribution in [-0.2, 0) is 19.6 Å². The van der Waals surface area contributed by atoms with Gasteiger partial charge in [0, 0.05) is 22.7 Å². The Labute approximate surface area is 292 Å². The van der Waals surface area contributed by atoms with Gasteiger partial charge in [-0.15, -0.1) is 0 Å². The van der Waals surface area contributed by atoms with Gasteiger partial charge in [-0.05, 0) is 52.9 Å². The molecule has 2 amide bonds. The molecule has 0 spiro atoms. The molecule has 1 aliphatic heterocycles. The third-order valence-corrected chi connectivity index (χ3v) is 8.37. The summed E-state index contributed by atoms with van der Waals surface area (Å²) in [5, 5.41) is 14.4. The lowest BCUT2D eigenvalue weighted by Gasteiger charge is -2.56. The molecule has 0 aliphatic carbocycles. The first-order chi connectivity index (χ1) is 22.3. The van der Waals surface area contributed by atoms with E-state index in [1.807, 2.05) is 13.8 Å². The molecular formula is C34H44Cl2F2N4O5S. The van der Waals surface area contributed by atoms with Crippen LogP contribution in [0, 0.1) is 17.0 Å². The van der Waals surface area contributed by atoms with Crippen molar-refractivity contribution in [3.05, 3.63) is 99.5 Å². The molecule has 264 valence electrons. The Balaban J connectivity index is 0.00000105. The molecule has 0 saturated carbocycles. The summed E-state index contributed by atoms with van der Waals surface area (Å²) >= 11 is 12.2. The van der Waals surface area contributed by atoms with E-state index in [0.29, 0.717) is 32.7 Å². The summed E-state index contributed by atoms with van der Waals surface area (Å²) in [4.78, 5) is 25.9. The number of benzene rings is 3. The fourth-order valence-corrected chi connectivity index (χ4v) is 6.43. The Hall–Kier alpha value is -3.29. The molecule has 48 heavy (non-hydrogen) atoms. The Morgan fingerprint density at radius 1 is 0.958 bits per heavy atom. The summed E-state index contributed by atoms with van der Waals surface area (Å²) in [6.45, 7) is 12.1. The zero-order valence-corrected chi connectivity index (χ0v) is 30.4. The van der Waals surface area contributed by atoms with Crippen molar-refractivity contribution in [2.24, 2.45) is 11.1 Å². The molecular weight excluding hydrogens is 685 g/mol. The quantitative estimate of drug-likeness (QED) is 0.238. The third kappa shape index (κ3) is 11.7.